The van der Waals surface area contributed by atoms with Crippen molar-refractivity contribution in [2.45, 2.75) is 0 Å². The van der Waals surface area contributed by atoms with Gasteiger partial charge in [-0.1, -0.05) is 22.0 Å². The Balaban J connectivity index is 2.69. The molecule has 2 aromatic carbocycles. The Hall–Kier alpha value is -1.42. The zero-order valence-electron chi connectivity index (χ0n) is 7.11. The molecule has 2 aromatic rings. The third kappa shape index (κ3) is 1.61. The second-order valence-corrected chi connectivity index (χ2v) is 3.85. The number of nitrogens with zero attached hydrogens (tertiary/aromatic N) is 1. The molecule has 3 nitrogen and oxygen atoms in total. The standard InChI is InChI=1S/C10H6BrNO2/c11-9-3-1-7-2-4-10(12(13)14)6-8(7)5-9/h1-6H. The van der Waals surface area contributed by atoms with E-state index in [1.807, 2.05) is 18.2 Å². The summed E-state index contributed by atoms with van der Waals surface area (Å²) in [5.41, 5.74) is 0.121. The van der Waals surface area contributed by atoms with E-state index >= 15 is 0 Å². The monoisotopic (exact) mass is 251 g/mol. The van der Waals surface area contributed by atoms with Crippen molar-refractivity contribution in [1.82, 2.24) is 0 Å². The van der Waals surface area contributed by atoms with Gasteiger partial charge < -0.3 is 0 Å². The largest absolute Gasteiger partial charge is 0.270 e. The van der Waals surface area contributed by atoms with Crippen LogP contribution in [-0.4, -0.2) is 4.92 Å². The maximum atomic E-state index is 10.5. The molecule has 4 heteroatoms. The summed E-state index contributed by atoms with van der Waals surface area (Å²) in [6.07, 6.45) is 0. The average Bonchev–Trinajstić information content (AvgIpc) is 2.16. The quantitative estimate of drug-likeness (QED) is 0.575. The smallest absolute Gasteiger partial charge is 0.258 e. The maximum absolute atomic E-state index is 10.5. The highest BCUT2D eigenvalue weighted by molar-refractivity contribution is 9.10. The van der Waals surface area contributed by atoms with Crippen molar-refractivity contribution in [3.05, 3.63) is 51.0 Å². The Labute approximate surface area is 88.6 Å². The van der Waals surface area contributed by atoms with Crippen LogP contribution in [0.4, 0.5) is 5.69 Å². The molecule has 0 heterocycles. The van der Waals surface area contributed by atoms with Gasteiger partial charge in [0.25, 0.3) is 5.69 Å². The summed E-state index contributed by atoms with van der Waals surface area (Å²) < 4.78 is 0.922. The van der Waals surface area contributed by atoms with Crippen molar-refractivity contribution in [3.8, 4) is 0 Å². The van der Waals surface area contributed by atoms with Gasteiger partial charge in [-0.2, -0.15) is 0 Å². The molecule has 0 spiro atoms. The normalized spacial score (nSPS) is 10.4. The maximum Gasteiger partial charge on any atom is 0.270 e. The fourth-order valence-electron chi connectivity index (χ4n) is 1.32. The number of rotatable bonds is 1. The first-order chi connectivity index (χ1) is 6.66. The van der Waals surface area contributed by atoms with E-state index in [-0.39, 0.29) is 10.6 Å². The minimum absolute atomic E-state index is 0.121. The summed E-state index contributed by atoms with van der Waals surface area (Å²) in [5, 5.41) is 12.4. The van der Waals surface area contributed by atoms with Crippen LogP contribution < -0.4 is 0 Å². The second kappa shape index (κ2) is 3.38. The first kappa shape index (κ1) is 9.15. The van der Waals surface area contributed by atoms with E-state index in [9.17, 15) is 10.1 Å². The van der Waals surface area contributed by atoms with Crippen LogP contribution in [-0.2, 0) is 0 Å². The van der Waals surface area contributed by atoms with Gasteiger partial charge in [0.15, 0.2) is 0 Å². The minimum atomic E-state index is -0.389. The molecule has 0 fully saturated rings. The molecule has 0 N–H and O–H groups in total. The molecule has 0 unspecified atom stereocenters. The van der Waals surface area contributed by atoms with Crippen molar-refractivity contribution >= 4 is 32.4 Å². The number of benzene rings is 2. The van der Waals surface area contributed by atoms with E-state index in [4.69, 9.17) is 0 Å². The number of nitro groups is 1. The lowest BCUT2D eigenvalue weighted by Crippen LogP contribution is -1.86. The first-order valence-corrected chi connectivity index (χ1v) is 4.80. The van der Waals surface area contributed by atoms with E-state index in [1.54, 1.807) is 12.1 Å². The number of fused-ring (bicyclic) bond motifs is 1. The highest BCUT2D eigenvalue weighted by atomic mass is 79.9. The van der Waals surface area contributed by atoms with Gasteiger partial charge >= 0.3 is 0 Å². The van der Waals surface area contributed by atoms with Gasteiger partial charge in [0.05, 0.1) is 4.92 Å². The summed E-state index contributed by atoms with van der Waals surface area (Å²) in [4.78, 5) is 10.1. The zero-order valence-corrected chi connectivity index (χ0v) is 8.69. The van der Waals surface area contributed by atoms with Crippen LogP contribution in [0, 0.1) is 10.1 Å². The third-order valence-corrected chi connectivity index (χ3v) is 2.49. The first-order valence-electron chi connectivity index (χ1n) is 4.00. The van der Waals surface area contributed by atoms with E-state index in [0.717, 1.165) is 15.2 Å². The predicted octanol–water partition coefficient (Wildman–Crippen LogP) is 3.51. The van der Waals surface area contributed by atoms with Crippen LogP contribution in [0.25, 0.3) is 10.8 Å². The fourth-order valence-corrected chi connectivity index (χ4v) is 1.70. The summed E-state index contributed by atoms with van der Waals surface area (Å²) in [6.45, 7) is 0. The van der Waals surface area contributed by atoms with Crippen LogP contribution in [0.1, 0.15) is 0 Å². The van der Waals surface area contributed by atoms with Gasteiger partial charge in [0.2, 0.25) is 0 Å². The number of hydrogen-bond donors (Lipinski definition) is 0. The molecular formula is C10H6BrNO2. The van der Waals surface area contributed by atoms with Crippen LogP contribution in [0.15, 0.2) is 40.9 Å². The topological polar surface area (TPSA) is 43.1 Å². The molecule has 0 saturated carbocycles. The summed E-state index contributed by atoms with van der Waals surface area (Å²) in [6, 6.07) is 10.5. The zero-order chi connectivity index (χ0) is 10.1. The van der Waals surface area contributed by atoms with E-state index < -0.39 is 0 Å². The predicted molar refractivity (Wildman–Crippen MR) is 58.3 cm³/mol. The SMILES string of the molecule is O=[N+]([O-])c1ccc2ccc(Br)cc2c1. The molecule has 0 aliphatic heterocycles. The van der Waals surface area contributed by atoms with Crippen LogP contribution in [0.2, 0.25) is 0 Å². The van der Waals surface area contributed by atoms with Gasteiger partial charge in [-0.25, -0.2) is 0 Å². The van der Waals surface area contributed by atoms with Gasteiger partial charge in [0.1, 0.15) is 0 Å². The Morgan fingerprint density at radius 2 is 1.79 bits per heavy atom. The van der Waals surface area contributed by atoms with Crippen LogP contribution in [0.5, 0.6) is 0 Å². The Kier molecular flexibility index (Phi) is 2.21. The summed E-state index contributed by atoms with van der Waals surface area (Å²) in [7, 11) is 0. The summed E-state index contributed by atoms with van der Waals surface area (Å²) >= 11 is 3.32. The highest BCUT2D eigenvalue weighted by Gasteiger charge is 2.05. The van der Waals surface area contributed by atoms with Gasteiger partial charge in [-0.3, -0.25) is 10.1 Å². The number of nitro benzene ring substituents is 1. The molecule has 0 radical (unpaired) electrons. The van der Waals surface area contributed by atoms with Gasteiger partial charge in [-0.05, 0) is 29.0 Å². The molecule has 0 aromatic heterocycles. The molecule has 0 amide bonds. The lowest BCUT2D eigenvalue weighted by atomic mass is 10.1. The molecule has 0 atom stereocenters. The molecule has 0 aliphatic carbocycles. The van der Waals surface area contributed by atoms with E-state index in [1.165, 1.54) is 6.07 Å². The molecular weight excluding hydrogens is 246 g/mol. The molecule has 2 rings (SSSR count). The van der Waals surface area contributed by atoms with E-state index in [0.29, 0.717) is 0 Å². The summed E-state index contributed by atoms with van der Waals surface area (Å²) in [5.74, 6) is 0. The number of non-ortho nitro benzene ring substituents is 1. The lowest BCUT2D eigenvalue weighted by Gasteiger charge is -1.98. The Bertz CT molecular complexity index is 510. The third-order valence-electron chi connectivity index (χ3n) is 2.00. The average molecular weight is 252 g/mol. The highest BCUT2D eigenvalue weighted by Crippen LogP contribution is 2.23. The van der Waals surface area contributed by atoms with E-state index in [2.05, 4.69) is 15.9 Å². The second-order valence-electron chi connectivity index (χ2n) is 2.93. The van der Waals surface area contributed by atoms with Crippen molar-refractivity contribution in [2.24, 2.45) is 0 Å². The Morgan fingerprint density at radius 1 is 1.07 bits per heavy atom. The van der Waals surface area contributed by atoms with Gasteiger partial charge in [0, 0.05) is 16.6 Å². The molecule has 0 bridgehead atoms. The van der Waals surface area contributed by atoms with Crippen molar-refractivity contribution < 1.29 is 4.92 Å². The molecule has 70 valence electrons. The van der Waals surface area contributed by atoms with Crippen molar-refractivity contribution in [2.75, 3.05) is 0 Å². The fraction of sp³-hybridized carbons (Fsp3) is 0. The van der Waals surface area contributed by atoms with Crippen molar-refractivity contribution in [1.29, 1.82) is 0 Å². The van der Waals surface area contributed by atoms with Gasteiger partial charge in [-0.15, -0.1) is 0 Å². The van der Waals surface area contributed by atoms with Crippen LogP contribution in [0.3, 0.4) is 0 Å². The van der Waals surface area contributed by atoms with Crippen molar-refractivity contribution in [3.63, 3.8) is 0 Å². The molecule has 0 aliphatic rings. The number of halogens is 1. The van der Waals surface area contributed by atoms with Crippen LogP contribution >= 0.6 is 15.9 Å². The number of hydrogen-bond acceptors (Lipinski definition) is 2. The molecule has 14 heavy (non-hydrogen) atoms. The lowest BCUT2D eigenvalue weighted by molar-refractivity contribution is -0.384. The molecule has 0 saturated heterocycles. The Morgan fingerprint density at radius 3 is 2.50 bits per heavy atom. The minimum Gasteiger partial charge on any atom is -0.258 e.